The van der Waals surface area contributed by atoms with Crippen LogP contribution in [0.4, 0.5) is 10.7 Å². The summed E-state index contributed by atoms with van der Waals surface area (Å²) >= 11 is 2.82. The van der Waals surface area contributed by atoms with Crippen LogP contribution in [0.1, 0.15) is 53.9 Å². The predicted molar refractivity (Wildman–Crippen MR) is 146 cm³/mol. The molecule has 2 heterocycles. The molecule has 2 aromatic heterocycles. The van der Waals surface area contributed by atoms with Crippen molar-refractivity contribution in [3.63, 3.8) is 0 Å². The molecule has 0 aliphatic heterocycles. The summed E-state index contributed by atoms with van der Waals surface area (Å²) in [5, 5.41) is 12.8. The van der Waals surface area contributed by atoms with Crippen LogP contribution < -0.4 is 10.2 Å². The van der Waals surface area contributed by atoms with E-state index in [-0.39, 0.29) is 17.6 Å². The zero-order chi connectivity index (χ0) is 25.7. The molecule has 1 aromatic carbocycles. The molecule has 1 aliphatic rings. The first-order valence-corrected chi connectivity index (χ1v) is 14.2. The van der Waals surface area contributed by atoms with Crippen molar-refractivity contribution in [3.8, 4) is 11.4 Å². The minimum Gasteiger partial charge on any atom is -0.465 e. The minimum absolute atomic E-state index is 0.163. The first kappa shape index (κ1) is 26.2. The number of hydrogen-bond donors (Lipinski definition) is 1. The number of thioether (sulfide) groups is 1. The van der Waals surface area contributed by atoms with Crippen molar-refractivity contribution in [1.29, 1.82) is 0 Å². The van der Waals surface area contributed by atoms with E-state index < -0.39 is 0 Å². The number of carbonyl (C=O) groups excluding carboxylic acids is 2. The maximum atomic E-state index is 12.8. The number of fused-ring (bicyclic) bond motifs is 1. The van der Waals surface area contributed by atoms with Gasteiger partial charge in [-0.25, -0.2) is 4.79 Å². The van der Waals surface area contributed by atoms with E-state index in [0.29, 0.717) is 15.7 Å². The molecule has 4 rings (SSSR count). The van der Waals surface area contributed by atoms with Crippen molar-refractivity contribution in [2.45, 2.75) is 51.1 Å². The van der Waals surface area contributed by atoms with Gasteiger partial charge in [0.25, 0.3) is 0 Å². The lowest BCUT2D eigenvalue weighted by Gasteiger charge is -2.21. The summed E-state index contributed by atoms with van der Waals surface area (Å²) in [6.07, 6.45) is 5.08. The van der Waals surface area contributed by atoms with Gasteiger partial charge in [-0.2, -0.15) is 0 Å². The van der Waals surface area contributed by atoms with Crippen LogP contribution in [-0.2, 0) is 29.4 Å². The lowest BCUT2D eigenvalue weighted by molar-refractivity contribution is -0.113. The molecule has 1 aliphatic carbocycles. The first-order valence-electron chi connectivity index (χ1n) is 12.4. The minimum atomic E-state index is -0.387. The zero-order valence-corrected chi connectivity index (χ0v) is 22.9. The summed E-state index contributed by atoms with van der Waals surface area (Å²) in [4.78, 5) is 28.8. The molecule has 0 fully saturated rings. The van der Waals surface area contributed by atoms with Crippen molar-refractivity contribution in [2.24, 2.45) is 7.05 Å². The predicted octanol–water partition coefficient (Wildman–Crippen LogP) is 5.18. The van der Waals surface area contributed by atoms with E-state index in [0.717, 1.165) is 62.1 Å². The quantitative estimate of drug-likeness (QED) is 0.233. The Bertz CT molecular complexity index is 1220. The summed E-state index contributed by atoms with van der Waals surface area (Å²) in [5.74, 6) is 0.340. The largest absolute Gasteiger partial charge is 0.465 e. The highest BCUT2D eigenvalue weighted by molar-refractivity contribution is 7.99. The second kappa shape index (κ2) is 11.9. The second-order valence-electron chi connectivity index (χ2n) is 8.68. The van der Waals surface area contributed by atoms with Gasteiger partial charge < -0.3 is 19.5 Å². The van der Waals surface area contributed by atoms with E-state index >= 15 is 0 Å². The molecule has 0 saturated carbocycles. The Morgan fingerprint density at radius 1 is 1.11 bits per heavy atom. The smallest absolute Gasteiger partial charge is 0.341 e. The average molecular weight is 528 g/mol. The highest BCUT2D eigenvalue weighted by Crippen LogP contribution is 2.38. The van der Waals surface area contributed by atoms with Crippen LogP contribution in [0.5, 0.6) is 0 Å². The summed E-state index contributed by atoms with van der Waals surface area (Å²) in [6, 6.07) is 8.29. The molecule has 192 valence electrons. The summed E-state index contributed by atoms with van der Waals surface area (Å²) < 4.78 is 6.93. The average Bonchev–Trinajstić information content (AvgIpc) is 3.33. The lowest BCUT2D eigenvalue weighted by Crippen LogP contribution is -2.21. The van der Waals surface area contributed by atoms with Crippen molar-refractivity contribution in [1.82, 2.24) is 14.8 Å². The fourth-order valence-corrected chi connectivity index (χ4v) is 6.55. The van der Waals surface area contributed by atoms with Gasteiger partial charge in [-0.05, 0) is 69.4 Å². The number of esters is 1. The molecule has 1 N–H and O–H groups in total. The summed E-state index contributed by atoms with van der Waals surface area (Å²) in [5.41, 5.74) is 3.71. The van der Waals surface area contributed by atoms with Gasteiger partial charge in [-0.3, -0.25) is 4.79 Å². The van der Waals surface area contributed by atoms with Crippen LogP contribution in [0.2, 0.25) is 0 Å². The first-order chi connectivity index (χ1) is 17.5. The Kier molecular flexibility index (Phi) is 8.68. The molecule has 0 saturated heterocycles. The van der Waals surface area contributed by atoms with E-state index in [1.54, 1.807) is 0 Å². The van der Waals surface area contributed by atoms with Gasteiger partial charge in [0.2, 0.25) is 5.91 Å². The third kappa shape index (κ3) is 5.59. The van der Waals surface area contributed by atoms with Crippen LogP contribution in [0, 0.1) is 0 Å². The second-order valence-corrected chi connectivity index (χ2v) is 10.7. The molecule has 3 aromatic rings. The number of nitrogens with zero attached hydrogens (tertiary/aromatic N) is 4. The molecule has 1 amide bonds. The van der Waals surface area contributed by atoms with Crippen LogP contribution in [0.25, 0.3) is 11.4 Å². The van der Waals surface area contributed by atoms with E-state index in [4.69, 9.17) is 4.74 Å². The highest BCUT2D eigenvalue weighted by Gasteiger charge is 2.26. The fraction of sp³-hybridized carbons (Fsp3) is 0.462. The Morgan fingerprint density at radius 2 is 1.83 bits per heavy atom. The molecule has 0 radical (unpaired) electrons. The standard InChI is InChI=1S/C26H33N5O3S2/c1-5-31(6-2)18-14-12-17(13-15-18)23-28-29-26(30(23)3)35-16-21(32)27-24-22(25(33)34-4)19-10-8-7-9-11-20(19)36-24/h12-15H,5-11,16H2,1-4H3,(H,27,32). The van der Waals surface area contributed by atoms with Crippen LogP contribution in [0.3, 0.4) is 0 Å². The molecule has 0 atom stereocenters. The third-order valence-corrected chi connectivity index (χ3v) is 8.71. The number of nitrogens with one attached hydrogen (secondary N) is 1. The molecule has 10 heteroatoms. The number of ether oxygens (including phenoxy) is 1. The topological polar surface area (TPSA) is 89.3 Å². The van der Waals surface area contributed by atoms with Crippen LogP contribution in [-0.4, -0.2) is 52.6 Å². The Morgan fingerprint density at radius 3 is 2.53 bits per heavy atom. The van der Waals surface area contributed by atoms with Crippen molar-refractivity contribution in [2.75, 3.05) is 36.2 Å². The number of methoxy groups -OCH3 is 1. The van der Waals surface area contributed by atoms with Crippen molar-refractivity contribution >= 4 is 45.7 Å². The number of anilines is 2. The third-order valence-electron chi connectivity index (χ3n) is 6.49. The Labute approximate surface area is 220 Å². The van der Waals surface area contributed by atoms with Gasteiger partial charge >= 0.3 is 5.97 Å². The number of rotatable bonds is 9. The van der Waals surface area contributed by atoms with E-state index in [2.05, 4.69) is 46.4 Å². The molecule has 8 nitrogen and oxygen atoms in total. The van der Waals surface area contributed by atoms with Gasteiger partial charge in [0, 0.05) is 36.3 Å². The molecular weight excluding hydrogens is 494 g/mol. The van der Waals surface area contributed by atoms with Gasteiger partial charge in [0.1, 0.15) is 5.00 Å². The van der Waals surface area contributed by atoms with Crippen molar-refractivity contribution < 1.29 is 14.3 Å². The van der Waals surface area contributed by atoms with E-state index in [1.165, 1.54) is 40.8 Å². The van der Waals surface area contributed by atoms with E-state index in [1.807, 2.05) is 23.7 Å². The Balaban J connectivity index is 1.43. The van der Waals surface area contributed by atoms with Gasteiger partial charge in [-0.15, -0.1) is 21.5 Å². The number of benzene rings is 1. The van der Waals surface area contributed by atoms with Crippen LogP contribution >= 0.6 is 23.1 Å². The highest BCUT2D eigenvalue weighted by atomic mass is 32.2. The number of amides is 1. The van der Waals surface area contributed by atoms with Gasteiger partial charge in [0.15, 0.2) is 11.0 Å². The summed E-state index contributed by atoms with van der Waals surface area (Å²) in [6.45, 7) is 6.20. The fourth-order valence-electron chi connectivity index (χ4n) is 4.54. The normalized spacial score (nSPS) is 13.1. The lowest BCUT2D eigenvalue weighted by atomic mass is 10.1. The number of aromatic nitrogens is 3. The molecule has 0 spiro atoms. The molecule has 0 bridgehead atoms. The molecular formula is C26H33N5O3S2. The summed E-state index contributed by atoms with van der Waals surface area (Å²) in [7, 11) is 3.28. The number of thiophene rings is 1. The number of hydrogen-bond acceptors (Lipinski definition) is 8. The molecule has 36 heavy (non-hydrogen) atoms. The molecule has 0 unspecified atom stereocenters. The Hall–Kier alpha value is -2.85. The maximum absolute atomic E-state index is 12.8. The maximum Gasteiger partial charge on any atom is 0.341 e. The SMILES string of the molecule is CCN(CC)c1ccc(-c2nnc(SCC(=O)Nc3sc4c(c3C(=O)OC)CCCCC4)n2C)cc1. The van der Waals surface area contributed by atoms with Crippen molar-refractivity contribution in [3.05, 3.63) is 40.3 Å². The zero-order valence-electron chi connectivity index (χ0n) is 21.3. The van der Waals surface area contributed by atoms with Gasteiger partial charge in [0.05, 0.1) is 18.4 Å². The van der Waals surface area contributed by atoms with E-state index in [9.17, 15) is 9.59 Å². The van der Waals surface area contributed by atoms with Crippen LogP contribution in [0.15, 0.2) is 29.4 Å². The number of aryl methyl sites for hydroxylation is 1. The monoisotopic (exact) mass is 527 g/mol. The van der Waals surface area contributed by atoms with Gasteiger partial charge in [-0.1, -0.05) is 18.2 Å². The number of carbonyl (C=O) groups is 2.